The van der Waals surface area contributed by atoms with Crippen LogP contribution in [-0.2, 0) is 19.4 Å². The smallest absolute Gasteiger partial charge is 0.322 e. The van der Waals surface area contributed by atoms with Crippen LogP contribution >= 0.6 is 11.6 Å². The van der Waals surface area contributed by atoms with Crippen LogP contribution in [0.1, 0.15) is 29.5 Å². The molecule has 2 heterocycles. The fourth-order valence-corrected chi connectivity index (χ4v) is 2.89. The molecule has 3 rings (SSSR count). The summed E-state index contributed by atoms with van der Waals surface area (Å²) in [5.74, 6) is 0.704. The summed E-state index contributed by atoms with van der Waals surface area (Å²) in [6.07, 6.45) is 1.50. The molecule has 0 atom stereocenters. The Labute approximate surface area is 134 Å². The number of halogens is 1. The first-order chi connectivity index (χ1) is 10.6. The molecule has 0 bridgehead atoms. The number of nitrogens with one attached hydrogen (secondary N) is 1. The van der Waals surface area contributed by atoms with Crippen molar-refractivity contribution in [3.05, 3.63) is 45.8 Å². The molecular weight excluding hydrogens is 302 g/mol. The van der Waals surface area contributed by atoms with Crippen LogP contribution in [0.3, 0.4) is 0 Å². The van der Waals surface area contributed by atoms with Crippen molar-refractivity contribution >= 4 is 23.3 Å². The number of aryl methyl sites for hydroxylation is 2. The Morgan fingerprint density at radius 2 is 2.27 bits per heavy atom. The van der Waals surface area contributed by atoms with Gasteiger partial charge in [0.05, 0.1) is 0 Å². The minimum absolute atomic E-state index is 0.124. The number of hydrogen-bond donors (Lipinski definition) is 1. The van der Waals surface area contributed by atoms with Crippen LogP contribution in [0.4, 0.5) is 10.5 Å². The Hall–Kier alpha value is -2.01. The number of rotatable bonds is 2. The maximum Gasteiger partial charge on any atom is 0.322 e. The van der Waals surface area contributed by atoms with E-state index in [2.05, 4.69) is 10.5 Å². The topological polar surface area (TPSA) is 58.4 Å². The summed E-state index contributed by atoms with van der Waals surface area (Å²) in [5.41, 5.74) is 3.75. The predicted octanol–water partition coefficient (Wildman–Crippen LogP) is 3.79. The third-order valence-corrected chi connectivity index (χ3v) is 4.19. The van der Waals surface area contributed by atoms with E-state index in [9.17, 15) is 4.79 Å². The zero-order valence-electron chi connectivity index (χ0n) is 12.6. The molecule has 0 spiro atoms. The lowest BCUT2D eigenvalue weighted by atomic mass is 10.0. The summed E-state index contributed by atoms with van der Waals surface area (Å²) in [7, 11) is 0. The molecule has 5 nitrogen and oxygen atoms in total. The van der Waals surface area contributed by atoms with Crippen LogP contribution in [-0.4, -0.2) is 22.6 Å². The SMILES string of the molecule is CCc1onc(C)c1NC(=O)N1CCc2cc(Cl)ccc2C1. The van der Waals surface area contributed by atoms with E-state index in [1.54, 1.807) is 4.90 Å². The summed E-state index contributed by atoms with van der Waals surface area (Å²) < 4.78 is 5.20. The quantitative estimate of drug-likeness (QED) is 0.916. The standard InChI is InChI=1S/C16H18ClN3O2/c1-3-14-15(10(2)19-22-14)18-16(21)20-7-6-11-8-13(17)5-4-12(11)9-20/h4-5,8H,3,6-7,9H2,1-2H3,(H,18,21). The summed E-state index contributed by atoms with van der Waals surface area (Å²) in [6, 6.07) is 5.70. The van der Waals surface area contributed by atoms with Gasteiger partial charge in [-0.2, -0.15) is 0 Å². The van der Waals surface area contributed by atoms with E-state index in [1.807, 2.05) is 32.0 Å². The second-order valence-electron chi connectivity index (χ2n) is 5.43. The highest BCUT2D eigenvalue weighted by atomic mass is 35.5. The summed E-state index contributed by atoms with van der Waals surface area (Å²) >= 11 is 6.01. The van der Waals surface area contributed by atoms with Gasteiger partial charge in [-0.1, -0.05) is 29.7 Å². The van der Waals surface area contributed by atoms with Crippen molar-refractivity contribution in [1.82, 2.24) is 10.1 Å². The second kappa shape index (κ2) is 6.01. The van der Waals surface area contributed by atoms with Gasteiger partial charge in [0, 0.05) is 24.5 Å². The van der Waals surface area contributed by atoms with Crippen LogP contribution in [0.15, 0.2) is 22.7 Å². The number of aromatic nitrogens is 1. The van der Waals surface area contributed by atoms with Crippen molar-refractivity contribution in [1.29, 1.82) is 0 Å². The fourth-order valence-electron chi connectivity index (χ4n) is 2.70. The Morgan fingerprint density at radius 1 is 1.45 bits per heavy atom. The molecule has 0 fully saturated rings. The lowest BCUT2D eigenvalue weighted by Gasteiger charge is -2.29. The largest absolute Gasteiger partial charge is 0.359 e. The molecule has 22 heavy (non-hydrogen) atoms. The van der Waals surface area contributed by atoms with Gasteiger partial charge in [-0.05, 0) is 36.6 Å². The van der Waals surface area contributed by atoms with Gasteiger partial charge >= 0.3 is 6.03 Å². The molecule has 0 saturated heterocycles. The number of hydrogen-bond acceptors (Lipinski definition) is 3. The molecular formula is C16H18ClN3O2. The molecule has 1 aromatic carbocycles. The van der Waals surface area contributed by atoms with Crippen molar-refractivity contribution in [2.75, 3.05) is 11.9 Å². The zero-order valence-corrected chi connectivity index (χ0v) is 13.4. The summed E-state index contributed by atoms with van der Waals surface area (Å²) in [5, 5.41) is 7.57. The van der Waals surface area contributed by atoms with Crippen LogP contribution in [0.25, 0.3) is 0 Å². The van der Waals surface area contributed by atoms with Crippen LogP contribution in [0.5, 0.6) is 0 Å². The monoisotopic (exact) mass is 319 g/mol. The molecule has 0 saturated carbocycles. The first-order valence-corrected chi connectivity index (χ1v) is 7.74. The van der Waals surface area contributed by atoms with Gasteiger partial charge in [0.1, 0.15) is 11.4 Å². The van der Waals surface area contributed by atoms with Gasteiger partial charge < -0.3 is 14.7 Å². The van der Waals surface area contributed by atoms with Gasteiger partial charge in [-0.3, -0.25) is 0 Å². The molecule has 1 aliphatic rings. The maximum absolute atomic E-state index is 12.5. The van der Waals surface area contributed by atoms with Crippen LogP contribution < -0.4 is 5.32 Å². The Morgan fingerprint density at radius 3 is 3.05 bits per heavy atom. The van der Waals surface area contributed by atoms with E-state index < -0.39 is 0 Å². The Bertz CT molecular complexity index is 711. The zero-order chi connectivity index (χ0) is 15.7. The predicted molar refractivity (Wildman–Crippen MR) is 85.2 cm³/mol. The molecule has 0 unspecified atom stereocenters. The summed E-state index contributed by atoms with van der Waals surface area (Å²) in [6.45, 7) is 5.05. The molecule has 1 aliphatic heterocycles. The van der Waals surface area contributed by atoms with Crippen LogP contribution in [0, 0.1) is 6.92 Å². The second-order valence-corrected chi connectivity index (χ2v) is 5.87. The molecule has 116 valence electrons. The normalized spacial score (nSPS) is 13.9. The third kappa shape index (κ3) is 2.81. The highest BCUT2D eigenvalue weighted by Gasteiger charge is 2.23. The average Bonchev–Trinajstić information content (AvgIpc) is 2.87. The van der Waals surface area contributed by atoms with Gasteiger partial charge in [-0.15, -0.1) is 0 Å². The number of nitrogens with zero attached hydrogens (tertiary/aromatic N) is 2. The van der Waals surface area contributed by atoms with E-state index in [-0.39, 0.29) is 6.03 Å². The molecule has 6 heteroatoms. The number of anilines is 1. The molecule has 1 N–H and O–H groups in total. The number of fused-ring (bicyclic) bond motifs is 1. The Kier molecular flexibility index (Phi) is 4.07. The van der Waals surface area contributed by atoms with E-state index >= 15 is 0 Å². The number of urea groups is 1. The molecule has 0 radical (unpaired) electrons. The molecule has 1 aromatic heterocycles. The van der Waals surface area contributed by atoms with E-state index in [0.29, 0.717) is 36.7 Å². The van der Waals surface area contributed by atoms with E-state index in [1.165, 1.54) is 5.56 Å². The lowest BCUT2D eigenvalue weighted by Crippen LogP contribution is -2.39. The minimum Gasteiger partial charge on any atom is -0.359 e. The average molecular weight is 320 g/mol. The van der Waals surface area contributed by atoms with Crippen molar-refractivity contribution in [3.63, 3.8) is 0 Å². The van der Waals surface area contributed by atoms with Crippen molar-refractivity contribution < 1.29 is 9.32 Å². The third-order valence-electron chi connectivity index (χ3n) is 3.95. The minimum atomic E-state index is -0.124. The van der Waals surface area contributed by atoms with E-state index in [0.717, 1.165) is 17.0 Å². The Balaban J connectivity index is 1.74. The van der Waals surface area contributed by atoms with Gasteiger partial charge in [0.15, 0.2) is 5.76 Å². The fraction of sp³-hybridized carbons (Fsp3) is 0.375. The number of benzene rings is 1. The first-order valence-electron chi connectivity index (χ1n) is 7.37. The van der Waals surface area contributed by atoms with E-state index in [4.69, 9.17) is 16.1 Å². The van der Waals surface area contributed by atoms with Crippen LogP contribution in [0.2, 0.25) is 5.02 Å². The number of amides is 2. The molecule has 2 amide bonds. The number of carbonyl (C=O) groups is 1. The molecule has 0 aliphatic carbocycles. The first kappa shape index (κ1) is 14.9. The van der Waals surface area contributed by atoms with Gasteiger partial charge in [-0.25, -0.2) is 4.79 Å². The molecule has 2 aromatic rings. The lowest BCUT2D eigenvalue weighted by molar-refractivity contribution is 0.206. The van der Waals surface area contributed by atoms with Gasteiger partial charge in [0.25, 0.3) is 0 Å². The highest BCUT2D eigenvalue weighted by Crippen LogP contribution is 2.25. The van der Waals surface area contributed by atoms with Crippen molar-refractivity contribution in [3.8, 4) is 0 Å². The summed E-state index contributed by atoms with van der Waals surface area (Å²) in [4.78, 5) is 14.3. The van der Waals surface area contributed by atoms with Crippen molar-refractivity contribution in [2.45, 2.75) is 33.2 Å². The maximum atomic E-state index is 12.5. The number of carbonyl (C=O) groups excluding carboxylic acids is 1. The van der Waals surface area contributed by atoms with Gasteiger partial charge in [0.2, 0.25) is 0 Å². The van der Waals surface area contributed by atoms with Crippen molar-refractivity contribution in [2.24, 2.45) is 0 Å². The highest BCUT2D eigenvalue weighted by molar-refractivity contribution is 6.30.